The minimum Gasteiger partial charge on any atom is -0.478 e. The van der Waals surface area contributed by atoms with Gasteiger partial charge in [-0.05, 0) is 6.07 Å². The maximum atomic E-state index is 10.8. The van der Waals surface area contributed by atoms with Gasteiger partial charge < -0.3 is 19.9 Å². The molecule has 17 heavy (non-hydrogen) atoms. The number of nitrogens with zero attached hydrogens (tertiary/aromatic N) is 2. The van der Waals surface area contributed by atoms with Gasteiger partial charge in [-0.3, -0.25) is 0 Å². The Morgan fingerprint density at radius 2 is 2.47 bits per heavy atom. The summed E-state index contributed by atoms with van der Waals surface area (Å²) >= 11 is 0. The van der Waals surface area contributed by atoms with Gasteiger partial charge in [0.05, 0.1) is 5.56 Å². The van der Waals surface area contributed by atoms with Crippen LogP contribution in [0.25, 0.3) is 0 Å². The standard InChI is InChI=1S/C10H12N4O3/c15-10(16)7-1-4-12-8(7)5-11-3-2-9-13-6-17-14-9/h1,4,6,11-12H,2-3,5H2,(H,15,16). The largest absolute Gasteiger partial charge is 0.478 e. The van der Waals surface area contributed by atoms with E-state index < -0.39 is 5.97 Å². The lowest BCUT2D eigenvalue weighted by atomic mass is 10.2. The number of carboxylic acids is 1. The van der Waals surface area contributed by atoms with E-state index in [2.05, 4.69) is 25.0 Å². The van der Waals surface area contributed by atoms with Gasteiger partial charge in [0.25, 0.3) is 0 Å². The number of nitrogens with one attached hydrogen (secondary N) is 2. The second kappa shape index (κ2) is 5.26. The molecule has 0 fully saturated rings. The Morgan fingerprint density at radius 1 is 1.59 bits per heavy atom. The normalized spacial score (nSPS) is 10.6. The minimum atomic E-state index is -0.929. The highest BCUT2D eigenvalue weighted by atomic mass is 16.5. The molecule has 0 aliphatic heterocycles. The molecular weight excluding hydrogens is 224 g/mol. The van der Waals surface area contributed by atoms with Crippen molar-refractivity contribution in [1.29, 1.82) is 0 Å². The molecule has 0 atom stereocenters. The zero-order chi connectivity index (χ0) is 12.1. The molecule has 7 heteroatoms. The third-order valence-electron chi connectivity index (χ3n) is 2.30. The van der Waals surface area contributed by atoms with Gasteiger partial charge >= 0.3 is 5.97 Å². The van der Waals surface area contributed by atoms with Crippen LogP contribution in [0.1, 0.15) is 21.9 Å². The first-order valence-corrected chi connectivity index (χ1v) is 5.13. The van der Waals surface area contributed by atoms with Crippen molar-refractivity contribution < 1.29 is 14.4 Å². The molecule has 2 rings (SSSR count). The molecule has 0 unspecified atom stereocenters. The third-order valence-corrected chi connectivity index (χ3v) is 2.30. The molecule has 2 heterocycles. The Morgan fingerprint density at radius 3 is 3.18 bits per heavy atom. The van der Waals surface area contributed by atoms with Crippen molar-refractivity contribution >= 4 is 5.97 Å². The van der Waals surface area contributed by atoms with Gasteiger partial charge in [0.2, 0.25) is 6.39 Å². The van der Waals surface area contributed by atoms with E-state index in [-0.39, 0.29) is 5.56 Å². The number of rotatable bonds is 6. The predicted molar refractivity (Wildman–Crippen MR) is 57.5 cm³/mol. The Kier molecular flexibility index (Phi) is 3.51. The first-order valence-electron chi connectivity index (χ1n) is 5.13. The number of hydrogen-bond acceptors (Lipinski definition) is 5. The summed E-state index contributed by atoms with van der Waals surface area (Å²) in [5.74, 6) is -0.302. The van der Waals surface area contributed by atoms with E-state index in [4.69, 9.17) is 5.11 Å². The van der Waals surface area contributed by atoms with Crippen LogP contribution >= 0.6 is 0 Å². The third kappa shape index (κ3) is 2.91. The van der Waals surface area contributed by atoms with E-state index in [0.29, 0.717) is 31.0 Å². The molecule has 0 spiro atoms. The van der Waals surface area contributed by atoms with Crippen molar-refractivity contribution in [2.75, 3.05) is 6.54 Å². The van der Waals surface area contributed by atoms with Crippen LogP contribution in [0, 0.1) is 0 Å². The zero-order valence-corrected chi connectivity index (χ0v) is 9.01. The fourth-order valence-electron chi connectivity index (χ4n) is 1.47. The molecule has 2 aromatic heterocycles. The molecule has 0 aliphatic rings. The lowest BCUT2D eigenvalue weighted by molar-refractivity contribution is 0.0695. The van der Waals surface area contributed by atoms with E-state index in [1.807, 2.05) is 0 Å². The fourth-order valence-corrected chi connectivity index (χ4v) is 1.47. The molecule has 0 bridgehead atoms. The fraction of sp³-hybridized carbons (Fsp3) is 0.300. The topological polar surface area (TPSA) is 104 Å². The van der Waals surface area contributed by atoms with Crippen LogP contribution in [0.4, 0.5) is 0 Å². The second-order valence-electron chi connectivity index (χ2n) is 3.45. The van der Waals surface area contributed by atoms with E-state index >= 15 is 0 Å². The minimum absolute atomic E-state index is 0.289. The number of hydrogen-bond donors (Lipinski definition) is 3. The van der Waals surface area contributed by atoms with Crippen molar-refractivity contribution in [3.05, 3.63) is 35.7 Å². The summed E-state index contributed by atoms with van der Waals surface area (Å²) in [4.78, 5) is 17.6. The summed E-state index contributed by atoms with van der Waals surface area (Å²) in [6.07, 6.45) is 3.53. The summed E-state index contributed by atoms with van der Waals surface area (Å²) in [6, 6.07) is 1.54. The van der Waals surface area contributed by atoms with Crippen LogP contribution in [0.15, 0.2) is 23.2 Å². The molecule has 0 radical (unpaired) electrons. The van der Waals surface area contributed by atoms with Crippen LogP contribution in [-0.2, 0) is 13.0 Å². The maximum Gasteiger partial charge on any atom is 0.337 e. The molecular formula is C10H12N4O3. The molecule has 2 aromatic rings. The summed E-state index contributed by atoms with van der Waals surface area (Å²) in [6.45, 7) is 1.12. The number of aromatic amines is 1. The van der Waals surface area contributed by atoms with Crippen molar-refractivity contribution in [3.8, 4) is 0 Å². The van der Waals surface area contributed by atoms with Gasteiger partial charge in [0.1, 0.15) is 0 Å². The quantitative estimate of drug-likeness (QED) is 0.628. The van der Waals surface area contributed by atoms with Gasteiger partial charge in [-0.25, -0.2) is 4.79 Å². The SMILES string of the molecule is O=C(O)c1cc[nH]c1CNCCc1ncon1. The van der Waals surface area contributed by atoms with Gasteiger partial charge in [-0.15, -0.1) is 0 Å². The summed E-state index contributed by atoms with van der Waals surface area (Å²) in [7, 11) is 0. The molecule has 0 saturated carbocycles. The summed E-state index contributed by atoms with van der Waals surface area (Å²) < 4.78 is 4.60. The lowest BCUT2D eigenvalue weighted by Crippen LogP contribution is -2.18. The number of aromatic nitrogens is 3. The van der Waals surface area contributed by atoms with Gasteiger partial charge in [0.15, 0.2) is 5.82 Å². The first-order chi connectivity index (χ1) is 8.27. The lowest BCUT2D eigenvalue weighted by Gasteiger charge is -2.02. The average Bonchev–Trinajstić information content (AvgIpc) is 2.95. The van der Waals surface area contributed by atoms with Crippen LogP contribution in [0.3, 0.4) is 0 Å². The number of aromatic carboxylic acids is 1. The van der Waals surface area contributed by atoms with E-state index in [0.717, 1.165) is 0 Å². The Bertz CT molecular complexity index is 477. The van der Waals surface area contributed by atoms with Crippen LogP contribution < -0.4 is 5.32 Å². The maximum absolute atomic E-state index is 10.8. The molecule has 0 aliphatic carbocycles. The van der Waals surface area contributed by atoms with E-state index in [1.54, 1.807) is 12.3 Å². The molecule has 0 aromatic carbocycles. The Balaban J connectivity index is 1.78. The van der Waals surface area contributed by atoms with Crippen molar-refractivity contribution in [1.82, 2.24) is 20.4 Å². The predicted octanol–water partition coefficient (Wildman–Crippen LogP) is 0.428. The molecule has 0 amide bonds. The zero-order valence-electron chi connectivity index (χ0n) is 9.01. The number of H-pyrrole nitrogens is 1. The highest BCUT2D eigenvalue weighted by Crippen LogP contribution is 2.05. The Hall–Kier alpha value is -2.15. The number of carboxylic acid groups (broad SMARTS) is 1. The van der Waals surface area contributed by atoms with Gasteiger partial charge in [0, 0.05) is 31.4 Å². The van der Waals surface area contributed by atoms with E-state index in [1.165, 1.54) is 6.39 Å². The van der Waals surface area contributed by atoms with Crippen LogP contribution in [0.2, 0.25) is 0 Å². The number of carbonyl (C=O) groups is 1. The highest BCUT2D eigenvalue weighted by Gasteiger charge is 2.09. The van der Waals surface area contributed by atoms with Crippen molar-refractivity contribution in [3.63, 3.8) is 0 Å². The smallest absolute Gasteiger partial charge is 0.337 e. The van der Waals surface area contributed by atoms with Crippen molar-refractivity contribution in [2.24, 2.45) is 0 Å². The summed E-state index contributed by atoms with van der Waals surface area (Å²) in [5.41, 5.74) is 0.947. The van der Waals surface area contributed by atoms with E-state index in [9.17, 15) is 4.79 Å². The second-order valence-corrected chi connectivity index (χ2v) is 3.45. The molecule has 90 valence electrons. The molecule has 3 N–H and O–H groups in total. The van der Waals surface area contributed by atoms with Crippen LogP contribution in [0.5, 0.6) is 0 Å². The van der Waals surface area contributed by atoms with Crippen LogP contribution in [-0.4, -0.2) is 32.7 Å². The van der Waals surface area contributed by atoms with Gasteiger partial charge in [-0.2, -0.15) is 4.98 Å². The van der Waals surface area contributed by atoms with Gasteiger partial charge in [-0.1, -0.05) is 5.16 Å². The highest BCUT2D eigenvalue weighted by molar-refractivity contribution is 5.88. The monoisotopic (exact) mass is 236 g/mol. The molecule has 7 nitrogen and oxygen atoms in total. The average molecular weight is 236 g/mol. The molecule has 0 saturated heterocycles. The Labute approximate surface area is 96.8 Å². The van der Waals surface area contributed by atoms with Crippen molar-refractivity contribution in [2.45, 2.75) is 13.0 Å². The first kappa shape index (κ1) is 11.3. The summed E-state index contributed by atoms with van der Waals surface area (Å²) in [5, 5.41) is 15.7.